The van der Waals surface area contributed by atoms with Gasteiger partial charge in [-0.3, -0.25) is 4.79 Å². The van der Waals surface area contributed by atoms with Gasteiger partial charge in [0.1, 0.15) is 11.3 Å². The van der Waals surface area contributed by atoms with Gasteiger partial charge >= 0.3 is 5.97 Å². The fourth-order valence-electron chi connectivity index (χ4n) is 2.01. The molecule has 126 valence electrons. The number of ether oxygens (including phenoxy) is 2. The average molecular weight is 348 g/mol. The van der Waals surface area contributed by atoms with Gasteiger partial charge in [-0.25, -0.2) is 4.79 Å². The smallest absolute Gasteiger partial charge is 0.342 e. The molecular formula is C18H18ClNO4. The van der Waals surface area contributed by atoms with Crippen LogP contribution < -0.4 is 10.1 Å². The predicted octanol–water partition coefficient (Wildman–Crippen LogP) is 3.13. The zero-order chi connectivity index (χ0) is 17.5. The molecule has 24 heavy (non-hydrogen) atoms. The number of hydrogen-bond donors (Lipinski definition) is 1. The van der Waals surface area contributed by atoms with Gasteiger partial charge in [-0.1, -0.05) is 41.4 Å². The normalized spacial score (nSPS) is 10.1. The van der Waals surface area contributed by atoms with Crippen LogP contribution in [0.1, 0.15) is 21.5 Å². The standard InChI is InChI=1S/C18H18ClNO4/c1-12-3-5-13(6-4-12)10-20-17(21)11-24-18(22)15-9-14(19)7-8-16(15)23-2/h3-9H,10-11H2,1-2H3,(H,20,21). The number of amides is 1. The lowest BCUT2D eigenvalue weighted by Gasteiger charge is -2.09. The summed E-state index contributed by atoms with van der Waals surface area (Å²) in [6, 6.07) is 12.4. The molecule has 0 aromatic heterocycles. The molecule has 2 aromatic carbocycles. The maximum Gasteiger partial charge on any atom is 0.342 e. The fourth-order valence-corrected chi connectivity index (χ4v) is 2.18. The number of benzene rings is 2. The van der Waals surface area contributed by atoms with E-state index < -0.39 is 5.97 Å². The number of halogens is 1. The molecule has 2 aromatic rings. The van der Waals surface area contributed by atoms with Crippen molar-refractivity contribution in [2.24, 2.45) is 0 Å². The fraction of sp³-hybridized carbons (Fsp3) is 0.222. The topological polar surface area (TPSA) is 64.6 Å². The quantitative estimate of drug-likeness (QED) is 0.815. The Labute approximate surface area is 145 Å². The van der Waals surface area contributed by atoms with Crippen LogP contribution in [0.15, 0.2) is 42.5 Å². The van der Waals surface area contributed by atoms with Crippen LogP contribution in [0, 0.1) is 6.92 Å². The van der Waals surface area contributed by atoms with Crippen molar-refractivity contribution in [3.05, 3.63) is 64.2 Å². The van der Waals surface area contributed by atoms with Crippen molar-refractivity contribution in [1.82, 2.24) is 5.32 Å². The summed E-state index contributed by atoms with van der Waals surface area (Å²) in [4.78, 5) is 23.8. The van der Waals surface area contributed by atoms with Crippen LogP contribution in [-0.4, -0.2) is 25.6 Å². The number of carbonyl (C=O) groups is 2. The summed E-state index contributed by atoms with van der Waals surface area (Å²) in [5.74, 6) is -0.714. The molecule has 1 N–H and O–H groups in total. The van der Waals surface area contributed by atoms with E-state index in [1.807, 2.05) is 31.2 Å². The van der Waals surface area contributed by atoms with E-state index in [-0.39, 0.29) is 18.1 Å². The molecule has 0 aliphatic carbocycles. The Hall–Kier alpha value is -2.53. The highest BCUT2D eigenvalue weighted by Crippen LogP contribution is 2.23. The van der Waals surface area contributed by atoms with E-state index in [1.54, 1.807) is 12.1 Å². The van der Waals surface area contributed by atoms with Gasteiger partial charge in [0.15, 0.2) is 6.61 Å². The van der Waals surface area contributed by atoms with E-state index in [4.69, 9.17) is 21.1 Å². The number of aryl methyl sites for hydroxylation is 1. The van der Waals surface area contributed by atoms with E-state index in [0.29, 0.717) is 17.3 Å². The van der Waals surface area contributed by atoms with Crippen molar-refractivity contribution >= 4 is 23.5 Å². The maximum atomic E-state index is 12.1. The molecule has 0 aliphatic heterocycles. The molecule has 0 saturated carbocycles. The third kappa shape index (κ3) is 4.99. The second-order valence-electron chi connectivity index (χ2n) is 5.18. The molecule has 5 nitrogen and oxygen atoms in total. The molecule has 0 bridgehead atoms. The summed E-state index contributed by atoms with van der Waals surface area (Å²) >= 11 is 5.87. The third-order valence-corrected chi connectivity index (χ3v) is 3.56. The lowest BCUT2D eigenvalue weighted by molar-refractivity contribution is -0.124. The van der Waals surface area contributed by atoms with Crippen molar-refractivity contribution < 1.29 is 19.1 Å². The highest BCUT2D eigenvalue weighted by atomic mass is 35.5. The molecule has 0 spiro atoms. The van der Waals surface area contributed by atoms with Crippen LogP contribution in [0.2, 0.25) is 5.02 Å². The zero-order valence-electron chi connectivity index (χ0n) is 13.5. The Morgan fingerprint density at radius 2 is 1.83 bits per heavy atom. The highest BCUT2D eigenvalue weighted by molar-refractivity contribution is 6.31. The number of esters is 1. The van der Waals surface area contributed by atoms with Crippen molar-refractivity contribution in [1.29, 1.82) is 0 Å². The molecule has 0 atom stereocenters. The van der Waals surface area contributed by atoms with Gasteiger partial charge in [0.25, 0.3) is 5.91 Å². The predicted molar refractivity (Wildman–Crippen MR) is 91.3 cm³/mol. The molecular weight excluding hydrogens is 330 g/mol. The summed E-state index contributed by atoms with van der Waals surface area (Å²) in [6.07, 6.45) is 0. The minimum Gasteiger partial charge on any atom is -0.496 e. The van der Waals surface area contributed by atoms with E-state index in [0.717, 1.165) is 11.1 Å². The average Bonchev–Trinajstić information content (AvgIpc) is 2.59. The summed E-state index contributed by atoms with van der Waals surface area (Å²) in [5, 5.41) is 3.07. The Morgan fingerprint density at radius 1 is 1.12 bits per heavy atom. The van der Waals surface area contributed by atoms with Crippen molar-refractivity contribution in [2.75, 3.05) is 13.7 Å². The van der Waals surface area contributed by atoms with Crippen LogP contribution in [0.3, 0.4) is 0 Å². The maximum absolute atomic E-state index is 12.1. The molecule has 0 unspecified atom stereocenters. The first kappa shape index (κ1) is 17.8. The SMILES string of the molecule is COc1ccc(Cl)cc1C(=O)OCC(=O)NCc1ccc(C)cc1. The summed E-state index contributed by atoms with van der Waals surface area (Å²) < 4.78 is 10.1. The lowest BCUT2D eigenvalue weighted by atomic mass is 10.1. The Bertz CT molecular complexity index is 728. The van der Waals surface area contributed by atoms with E-state index in [2.05, 4.69) is 5.32 Å². The first-order valence-corrected chi connectivity index (χ1v) is 7.70. The minimum atomic E-state index is -0.667. The molecule has 0 radical (unpaired) electrons. The molecule has 0 heterocycles. The second kappa shape index (κ2) is 8.36. The number of hydrogen-bond acceptors (Lipinski definition) is 4. The van der Waals surface area contributed by atoms with Gasteiger partial charge in [0.05, 0.1) is 7.11 Å². The second-order valence-corrected chi connectivity index (χ2v) is 5.62. The first-order chi connectivity index (χ1) is 11.5. The van der Waals surface area contributed by atoms with Gasteiger partial charge in [-0.05, 0) is 30.7 Å². The van der Waals surface area contributed by atoms with E-state index in [1.165, 1.54) is 13.2 Å². The Morgan fingerprint density at radius 3 is 2.50 bits per heavy atom. The minimum absolute atomic E-state index is 0.177. The van der Waals surface area contributed by atoms with E-state index >= 15 is 0 Å². The monoisotopic (exact) mass is 347 g/mol. The van der Waals surface area contributed by atoms with Gasteiger partial charge in [-0.15, -0.1) is 0 Å². The van der Waals surface area contributed by atoms with Gasteiger partial charge < -0.3 is 14.8 Å². The van der Waals surface area contributed by atoms with Crippen molar-refractivity contribution in [3.8, 4) is 5.75 Å². The van der Waals surface area contributed by atoms with Crippen molar-refractivity contribution in [3.63, 3.8) is 0 Å². The van der Waals surface area contributed by atoms with Gasteiger partial charge in [0, 0.05) is 11.6 Å². The van der Waals surface area contributed by atoms with Crippen LogP contribution in [0.4, 0.5) is 0 Å². The van der Waals surface area contributed by atoms with Gasteiger partial charge in [0.2, 0.25) is 0 Å². The number of methoxy groups -OCH3 is 1. The molecule has 6 heteroatoms. The zero-order valence-corrected chi connectivity index (χ0v) is 14.2. The summed E-state index contributed by atoms with van der Waals surface area (Å²) in [6.45, 7) is 1.99. The number of nitrogens with one attached hydrogen (secondary N) is 1. The lowest BCUT2D eigenvalue weighted by Crippen LogP contribution is -2.28. The third-order valence-electron chi connectivity index (χ3n) is 3.33. The number of rotatable bonds is 6. The Balaban J connectivity index is 1.86. The summed E-state index contributed by atoms with van der Waals surface area (Å²) in [5.41, 5.74) is 2.29. The van der Waals surface area contributed by atoms with Gasteiger partial charge in [-0.2, -0.15) is 0 Å². The molecule has 0 aliphatic rings. The summed E-state index contributed by atoms with van der Waals surface area (Å²) in [7, 11) is 1.44. The number of carbonyl (C=O) groups excluding carboxylic acids is 2. The van der Waals surface area contributed by atoms with Crippen LogP contribution in [0.5, 0.6) is 5.75 Å². The van der Waals surface area contributed by atoms with E-state index in [9.17, 15) is 9.59 Å². The molecule has 0 saturated heterocycles. The Kier molecular flexibility index (Phi) is 6.21. The van der Waals surface area contributed by atoms with Crippen LogP contribution in [-0.2, 0) is 16.1 Å². The molecule has 1 amide bonds. The molecule has 0 fully saturated rings. The first-order valence-electron chi connectivity index (χ1n) is 7.32. The van der Waals surface area contributed by atoms with Crippen molar-refractivity contribution in [2.45, 2.75) is 13.5 Å². The van der Waals surface area contributed by atoms with Crippen LogP contribution in [0.25, 0.3) is 0 Å². The largest absolute Gasteiger partial charge is 0.496 e. The van der Waals surface area contributed by atoms with Crippen LogP contribution >= 0.6 is 11.6 Å². The highest BCUT2D eigenvalue weighted by Gasteiger charge is 2.15. The molecule has 2 rings (SSSR count).